The first-order chi connectivity index (χ1) is 17.0. The summed E-state index contributed by atoms with van der Waals surface area (Å²) in [6.07, 6.45) is 9.75. The number of aryl methyl sites for hydroxylation is 2. The zero-order chi connectivity index (χ0) is 24.5. The fourth-order valence-corrected chi connectivity index (χ4v) is 5.18. The Labute approximate surface area is 211 Å². The minimum absolute atomic E-state index is 0.0748. The molecule has 2 unspecified atom stereocenters. The van der Waals surface area contributed by atoms with Gasteiger partial charge < -0.3 is 10.6 Å². The molecule has 4 rings (SSSR count). The third-order valence-corrected chi connectivity index (χ3v) is 7.27. The molecular formula is C24H27N7O2S2. The molecule has 1 aliphatic rings. The van der Waals surface area contributed by atoms with Gasteiger partial charge in [-0.25, -0.2) is 0 Å². The average molecular weight is 510 g/mol. The minimum Gasteiger partial charge on any atom is -0.301 e. The lowest BCUT2D eigenvalue weighted by molar-refractivity contribution is -0.117. The van der Waals surface area contributed by atoms with Crippen molar-refractivity contribution in [3.8, 4) is 0 Å². The highest BCUT2D eigenvalue weighted by molar-refractivity contribution is 7.15. The van der Waals surface area contributed by atoms with Gasteiger partial charge in [0.2, 0.25) is 22.1 Å². The molecule has 2 atom stereocenters. The van der Waals surface area contributed by atoms with Crippen molar-refractivity contribution in [2.24, 2.45) is 10.9 Å². The van der Waals surface area contributed by atoms with Gasteiger partial charge in [0.05, 0.1) is 12.5 Å². The molecule has 2 aromatic heterocycles. The maximum atomic E-state index is 12.3. The molecule has 0 saturated carbocycles. The van der Waals surface area contributed by atoms with Gasteiger partial charge in [0, 0.05) is 31.4 Å². The summed E-state index contributed by atoms with van der Waals surface area (Å²) < 4.78 is 0. The van der Waals surface area contributed by atoms with Crippen molar-refractivity contribution in [3.05, 3.63) is 58.1 Å². The van der Waals surface area contributed by atoms with Crippen LogP contribution in [0.5, 0.6) is 0 Å². The number of aromatic nitrogens is 4. The van der Waals surface area contributed by atoms with Gasteiger partial charge in [-0.1, -0.05) is 59.1 Å². The SMILES string of the molecule is CC1N=CC=CC1CC(=O)Nc1nnc(CCCCc2nnc(NC(=O)Cc3ccccc3)s2)s1. The molecule has 2 N–H and O–H groups in total. The van der Waals surface area contributed by atoms with Crippen molar-refractivity contribution < 1.29 is 9.59 Å². The van der Waals surface area contributed by atoms with Gasteiger partial charge in [-0.3, -0.25) is 14.6 Å². The topological polar surface area (TPSA) is 122 Å². The van der Waals surface area contributed by atoms with E-state index < -0.39 is 0 Å². The summed E-state index contributed by atoms with van der Waals surface area (Å²) in [5.74, 6) is -0.0732. The molecule has 0 bridgehead atoms. The monoisotopic (exact) mass is 509 g/mol. The van der Waals surface area contributed by atoms with Crippen molar-refractivity contribution in [2.75, 3.05) is 10.6 Å². The first-order valence-electron chi connectivity index (χ1n) is 11.5. The summed E-state index contributed by atoms with van der Waals surface area (Å²) in [7, 11) is 0. The van der Waals surface area contributed by atoms with E-state index in [1.807, 2.05) is 49.4 Å². The van der Waals surface area contributed by atoms with Crippen LogP contribution >= 0.6 is 22.7 Å². The molecule has 3 aromatic rings. The summed E-state index contributed by atoms with van der Waals surface area (Å²) in [5, 5.41) is 25.0. The van der Waals surface area contributed by atoms with E-state index in [1.165, 1.54) is 22.7 Å². The number of nitrogens with one attached hydrogen (secondary N) is 2. The van der Waals surface area contributed by atoms with E-state index in [2.05, 4.69) is 36.0 Å². The maximum absolute atomic E-state index is 12.3. The van der Waals surface area contributed by atoms with Gasteiger partial charge in [0.25, 0.3) is 0 Å². The largest absolute Gasteiger partial charge is 0.301 e. The number of benzene rings is 1. The fourth-order valence-electron chi connectivity index (χ4n) is 3.58. The van der Waals surface area contributed by atoms with Gasteiger partial charge >= 0.3 is 0 Å². The smallest absolute Gasteiger partial charge is 0.230 e. The van der Waals surface area contributed by atoms with E-state index in [-0.39, 0.29) is 23.8 Å². The van der Waals surface area contributed by atoms with Crippen LogP contribution in [0, 0.1) is 5.92 Å². The maximum Gasteiger partial charge on any atom is 0.230 e. The number of dihydropyridines is 1. The number of aliphatic imine (C=N–C) groups is 1. The Balaban J connectivity index is 1.14. The van der Waals surface area contributed by atoms with Gasteiger partial charge in [-0.15, -0.1) is 20.4 Å². The van der Waals surface area contributed by atoms with E-state index in [1.54, 1.807) is 6.21 Å². The molecule has 9 nitrogen and oxygen atoms in total. The van der Waals surface area contributed by atoms with Crippen molar-refractivity contribution in [2.45, 2.75) is 51.5 Å². The summed E-state index contributed by atoms with van der Waals surface area (Å²) >= 11 is 2.81. The Bertz CT molecular complexity index is 1190. The fraction of sp³-hybridized carbons (Fsp3) is 0.375. The summed E-state index contributed by atoms with van der Waals surface area (Å²) in [4.78, 5) is 28.8. The number of carbonyl (C=O) groups excluding carboxylic acids is 2. The molecule has 0 spiro atoms. The van der Waals surface area contributed by atoms with E-state index >= 15 is 0 Å². The number of nitrogens with zero attached hydrogens (tertiary/aromatic N) is 5. The van der Waals surface area contributed by atoms with Crippen LogP contribution in [0.2, 0.25) is 0 Å². The molecule has 35 heavy (non-hydrogen) atoms. The zero-order valence-corrected chi connectivity index (χ0v) is 21.0. The van der Waals surface area contributed by atoms with Gasteiger partial charge in [0.1, 0.15) is 10.0 Å². The number of unbranched alkanes of at least 4 members (excludes halogenated alkanes) is 1. The molecule has 1 aliphatic heterocycles. The standard InChI is InChI=1S/C24H27N7O2S2/c1-16-18(10-7-13-25-16)15-20(33)27-24-31-29-22(35-24)12-6-5-11-21-28-30-23(34-21)26-19(32)14-17-8-3-2-4-9-17/h2-4,7-10,13,16,18H,5-6,11-12,14-15H2,1H3,(H,26,30,32)(H,27,31,33). The minimum atomic E-state index is -0.101. The van der Waals surface area contributed by atoms with Crippen LogP contribution in [0.25, 0.3) is 0 Å². The molecule has 0 radical (unpaired) electrons. The Kier molecular flexibility index (Phi) is 8.79. The second kappa shape index (κ2) is 12.4. The van der Waals surface area contributed by atoms with Crippen LogP contribution in [-0.4, -0.2) is 44.5 Å². The third kappa shape index (κ3) is 7.86. The van der Waals surface area contributed by atoms with Crippen LogP contribution in [0.3, 0.4) is 0 Å². The molecule has 0 aliphatic carbocycles. The molecule has 0 saturated heterocycles. The van der Waals surface area contributed by atoms with E-state index in [0.717, 1.165) is 41.3 Å². The van der Waals surface area contributed by atoms with Crippen molar-refractivity contribution in [1.29, 1.82) is 0 Å². The number of anilines is 2. The number of allylic oxidation sites excluding steroid dienone is 1. The second-order valence-corrected chi connectivity index (χ2v) is 10.4. The van der Waals surface area contributed by atoms with Crippen LogP contribution in [0.4, 0.5) is 10.3 Å². The van der Waals surface area contributed by atoms with Crippen LogP contribution in [0.15, 0.2) is 47.5 Å². The van der Waals surface area contributed by atoms with Crippen LogP contribution in [0.1, 0.15) is 41.8 Å². The number of amides is 2. The Hall–Kier alpha value is -3.31. The summed E-state index contributed by atoms with van der Waals surface area (Å²) in [6, 6.07) is 9.70. The first-order valence-corrected chi connectivity index (χ1v) is 13.2. The summed E-state index contributed by atoms with van der Waals surface area (Å²) in [6.45, 7) is 2.01. The number of hydrogen-bond acceptors (Lipinski definition) is 9. The Morgan fingerprint density at radius 1 is 0.886 bits per heavy atom. The lowest BCUT2D eigenvalue weighted by Crippen LogP contribution is -2.23. The lowest BCUT2D eigenvalue weighted by atomic mass is 9.95. The lowest BCUT2D eigenvalue weighted by Gasteiger charge is -2.18. The van der Waals surface area contributed by atoms with Crippen molar-refractivity contribution in [3.63, 3.8) is 0 Å². The molecular weight excluding hydrogens is 482 g/mol. The van der Waals surface area contributed by atoms with E-state index in [9.17, 15) is 9.59 Å². The van der Waals surface area contributed by atoms with Gasteiger partial charge in [0.15, 0.2) is 0 Å². The third-order valence-electron chi connectivity index (χ3n) is 5.47. The molecule has 0 fully saturated rings. The number of hydrogen-bond donors (Lipinski definition) is 2. The average Bonchev–Trinajstić information content (AvgIpc) is 3.48. The number of rotatable bonds is 11. The van der Waals surface area contributed by atoms with Crippen molar-refractivity contribution >= 4 is 51.0 Å². The highest BCUT2D eigenvalue weighted by atomic mass is 32.1. The van der Waals surface area contributed by atoms with Gasteiger partial charge in [-0.05, 0) is 31.4 Å². The molecule has 1 aromatic carbocycles. The Morgan fingerprint density at radius 3 is 2.14 bits per heavy atom. The number of carbonyl (C=O) groups is 2. The highest BCUT2D eigenvalue weighted by Gasteiger charge is 2.19. The zero-order valence-electron chi connectivity index (χ0n) is 19.4. The van der Waals surface area contributed by atoms with Gasteiger partial charge in [-0.2, -0.15) is 0 Å². The highest BCUT2D eigenvalue weighted by Crippen LogP contribution is 2.22. The normalized spacial score (nSPS) is 16.8. The predicted molar refractivity (Wildman–Crippen MR) is 139 cm³/mol. The summed E-state index contributed by atoms with van der Waals surface area (Å²) in [5.41, 5.74) is 0.958. The molecule has 2 amide bonds. The molecule has 11 heteroatoms. The van der Waals surface area contributed by atoms with E-state index in [0.29, 0.717) is 23.1 Å². The van der Waals surface area contributed by atoms with Crippen molar-refractivity contribution in [1.82, 2.24) is 20.4 Å². The van der Waals surface area contributed by atoms with Crippen LogP contribution in [-0.2, 0) is 28.9 Å². The molecule has 182 valence electrons. The first kappa shape index (κ1) is 24.8. The molecule has 3 heterocycles. The van der Waals surface area contributed by atoms with E-state index in [4.69, 9.17) is 0 Å². The Morgan fingerprint density at radius 2 is 1.51 bits per heavy atom. The van der Waals surface area contributed by atoms with Crippen LogP contribution < -0.4 is 10.6 Å². The second-order valence-electron chi connectivity index (χ2n) is 8.26. The quantitative estimate of drug-likeness (QED) is 0.375. The predicted octanol–water partition coefficient (Wildman–Crippen LogP) is 4.11.